The largest absolute Gasteiger partial charge is 0.316 e. The van der Waals surface area contributed by atoms with E-state index in [0.29, 0.717) is 18.1 Å². The van der Waals surface area contributed by atoms with Crippen molar-refractivity contribution in [3.05, 3.63) is 0 Å². The molecule has 0 aromatic heterocycles. The molecule has 0 saturated carbocycles. The highest BCUT2D eigenvalue weighted by Gasteiger charge is 2.22. The molecule has 0 saturated heterocycles. The second-order valence-electron chi connectivity index (χ2n) is 4.76. The van der Waals surface area contributed by atoms with Crippen LogP contribution in [0.5, 0.6) is 0 Å². The summed E-state index contributed by atoms with van der Waals surface area (Å²) in [4.78, 5) is 4.81. The minimum Gasteiger partial charge on any atom is -0.316 e. The van der Waals surface area contributed by atoms with Gasteiger partial charge in [-0.2, -0.15) is 0 Å². The van der Waals surface area contributed by atoms with Crippen LogP contribution < -0.4 is 5.32 Å². The maximum atomic E-state index is 3.33. The van der Waals surface area contributed by atoms with E-state index < -0.39 is 0 Å². The molecule has 0 bridgehead atoms. The van der Waals surface area contributed by atoms with Crippen LogP contribution >= 0.6 is 0 Å². The lowest BCUT2D eigenvalue weighted by atomic mass is 10.1. The van der Waals surface area contributed by atoms with E-state index >= 15 is 0 Å². The van der Waals surface area contributed by atoms with E-state index in [9.17, 15) is 0 Å². The van der Waals surface area contributed by atoms with Crippen molar-refractivity contribution in [3.8, 4) is 0 Å². The van der Waals surface area contributed by atoms with Gasteiger partial charge in [0.05, 0.1) is 0 Å². The highest BCUT2D eigenvalue weighted by atomic mass is 15.2. The third-order valence-electron chi connectivity index (χ3n) is 3.26. The minimum atomic E-state index is 0.537. The molecule has 0 aliphatic rings. The van der Waals surface area contributed by atoms with Crippen LogP contribution in [0.4, 0.5) is 0 Å². The van der Waals surface area contributed by atoms with Crippen molar-refractivity contribution in [2.24, 2.45) is 0 Å². The Morgan fingerprint density at radius 1 is 1.13 bits per heavy atom. The van der Waals surface area contributed by atoms with Gasteiger partial charge in [0.1, 0.15) is 0 Å². The van der Waals surface area contributed by atoms with Crippen molar-refractivity contribution in [1.82, 2.24) is 15.1 Å². The second-order valence-corrected chi connectivity index (χ2v) is 4.76. The first-order valence-electron chi connectivity index (χ1n) is 6.01. The third-order valence-corrected chi connectivity index (χ3v) is 3.26. The third kappa shape index (κ3) is 4.96. The molecule has 0 aliphatic carbocycles. The molecule has 0 heterocycles. The zero-order chi connectivity index (χ0) is 12.0. The van der Waals surface area contributed by atoms with Crippen LogP contribution in [0.15, 0.2) is 0 Å². The Hall–Kier alpha value is -0.120. The Labute approximate surface area is 95.8 Å². The van der Waals surface area contributed by atoms with Crippen molar-refractivity contribution in [2.75, 3.05) is 34.2 Å². The molecular formula is C12H29N3. The van der Waals surface area contributed by atoms with Gasteiger partial charge in [-0.05, 0) is 48.5 Å². The Kier molecular flexibility index (Phi) is 7.14. The molecule has 1 N–H and O–H groups in total. The molecule has 0 fully saturated rings. The summed E-state index contributed by atoms with van der Waals surface area (Å²) in [6.07, 6.45) is 0. The first-order chi connectivity index (χ1) is 6.93. The van der Waals surface area contributed by atoms with Crippen LogP contribution in [0.1, 0.15) is 27.7 Å². The molecule has 92 valence electrons. The Morgan fingerprint density at radius 2 is 1.67 bits per heavy atom. The second kappa shape index (κ2) is 7.20. The molecule has 3 nitrogen and oxygen atoms in total. The van der Waals surface area contributed by atoms with Crippen molar-refractivity contribution < 1.29 is 0 Å². The van der Waals surface area contributed by atoms with Gasteiger partial charge >= 0.3 is 0 Å². The van der Waals surface area contributed by atoms with Crippen molar-refractivity contribution in [3.63, 3.8) is 0 Å². The lowest BCUT2D eigenvalue weighted by Gasteiger charge is -2.37. The van der Waals surface area contributed by atoms with E-state index in [0.717, 1.165) is 13.1 Å². The minimum absolute atomic E-state index is 0.537. The number of hydrogen-bond donors (Lipinski definition) is 1. The molecule has 3 atom stereocenters. The fourth-order valence-electron chi connectivity index (χ4n) is 2.16. The van der Waals surface area contributed by atoms with E-state index in [1.165, 1.54) is 0 Å². The van der Waals surface area contributed by atoms with Crippen molar-refractivity contribution >= 4 is 0 Å². The van der Waals surface area contributed by atoms with Crippen LogP contribution in [0.25, 0.3) is 0 Å². The van der Waals surface area contributed by atoms with Gasteiger partial charge in [-0.15, -0.1) is 0 Å². The maximum Gasteiger partial charge on any atom is 0.0221 e. The lowest BCUT2D eigenvalue weighted by molar-refractivity contribution is 0.117. The highest BCUT2D eigenvalue weighted by molar-refractivity contribution is 4.80. The summed E-state index contributed by atoms with van der Waals surface area (Å²) in [7, 11) is 6.30. The monoisotopic (exact) mass is 215 g/mol. The predicted octanol–water partition coefficient (Wildman–Crippen LogP) is 1.25. The van der Waals surface area contributed by atoms with Gasteiger partial charge < -0.3 is 10.2 Å². The summed E-state index contributed by atoms with van der Waals surface area (Å²) < 4.78 is 0. The summed E-state index contributed by atoms with van der Waals surface area (Å²) in [6, 6.07) is 1.72. The van der Waals surface area contributed by atoms with Gasteiger partial charge in [0.2, 0.25) is 0 Å². The molecule has 0 spiro atoms. The number of rotatable bonds is 7. The van der Waals surface area contributed by atoms with Crippen molar-refractivity contribution in [2.45, 2.75) is 45.8 Å². The number of nitrogens with zero attached hydrogens (tertiary/aromatic N) is 2. The van der Waals surface area contributed by atoms with E-state index in [4.69, 9.17) is 0 Å². The Bertz CT molecular complexity index is 159. The average Bonchev–Trinajstić information content (AvgIpc) is 2.16. The molecule has 0 amide bonds. The molecule has 0 aromatic carbocycles. The van der Waals surface area contributed by atoms with E-state index in [1.807, 2.05) is 7.05 Å². The molecular weight excluding hydrogens is 186 g/mol. The zero-order valence-corrected chi connectivity index (χ0v) is 11.5. The van der Waals surface area contributed by atoms with E-state index in [2.05, 4.69) is 56.9 Å². The lowest BCUT2D eigenvalue weighted by Crippen LogP contribution is -2.51. The summed E-state index contributed by atoms with van der Waals surface area (Å²) in [5.74, 6) is 0. The molecule has 3 heteroatoms. The van der Waals surface area contributed by atoms with Crippen LogP contribution in [-0.2, 0) is 0 Å². The van der Waals surface area contributed by atoms with Gasteiger partial charge in [-0.25, -0.2) is 0 Å². The number of nitrogens with one attached hydrogen (secondary N) is 1. The molecule has 3 unspecified atom stereocenters. The highest BCUT2D eigenvalue weighted by Crippen LogP contribution is 2.09. The van der Waals surface area contributed by atoms with E-state index in [1.54, 1.807) is 0 Å². The van der Waals surface area contributed by atoms with Gasteiger partial charge in [-0.1, -0.05) is 6.92 Å². The van der Waals surface area contributed by atoms with Crippen molar-refractivity contribution in [1.29, 1.82) is 0 Å². The van der Waals surface area contributed by atoms with Crippen LogP contribution in [0.3, 0.4) is 0 Å². The van der Waals surface area contributed by atoms with Gasteiger partial charge in [0, 0.05) is 24.7 Å². The Balaban J connectivity index is 4.32. The number of hydrogen-bond acceptors (Lipinski definition) is 3. The summed E-state index contributed by atoms with van der Waals surface area (Å²) in [5, 5.41) is 3.33. The molecule has 0 rings (SSSR count). The topological polar surface area (TPSA) is 18.5 Å². The molecule has 0 aromatic rings. The molecule has 0 radical (unpaired) electrons. The van der Waals surface area contributed by atoms with Crippen LogP contribution in [0, 0.1) is 0 Å². The van der Waals surface area contributed by atoms with Crippen LogP contribution in [0.2, 0.25) is 0 Å². The fourth-order valence-corrected chi connectivity index (χ4v) is 2.16. The molecule has 0 aliphatic heterocycles. The number of likely N-dealkylation sites (N-methyl/N-ethyl adjacent to an activating group) is 3. The summed E-state index contributed by atoms with van der Waals surface area (Å²) >= 11 is 0. The van der Waals surface area contributed by atoms with Crippen LogP contribution in [-0.4, -0.2) is 62.2 Å². The zero-order valence-electron chi connectivity index (χ0n) is 11.5. The summed E-state index contributed by atoms with van der Waals surface area (Å²) in [6.45, 7) is 11.3. The smallest absolute Gasteiger partial charge is 0.0221 e. The average molecular weight is 215 g/mol. The van der Waals surface area contributed by atoms with E-state index in [-0.39, 0.29) is 0 Å². The van der Waals surface area contributed by atoms with Gasteiger partial charge in [0.15, 0.2) is 0 Å². The first-order valence-corrected chi connectivity index (χ1v) is 6.01. The fraction of sp³-hybridized carbons (Fsp3) is 1.00. The first kappa shape index (κ1) is 14.9. The van der Waals surface area contributed by atoms with Gasteiger partial charge in [0.25, 0.3) is 0 Å². The standard InChI is InChI=1S/C12H29N3/c1-8-15(10(2)9-14(6)7)12(4)11(3)13-5/h10-13H,8-9H2,1-7H3. The summed E-state index contributed by atoms with van der Waals surface area (Å²) in [5.41, 5.74) is 0. The van der Waals surface area contributed by atoms with Gasteiger partial charge in [-0.3, -0.25) is 4.90 Å². The quantitative estimate of drug-likeness (QED) is 0.690. The normalized spacial score (nSPS) is 18.2. The predicted molar refractivity (Wildman–Crippen MR) is 68.4 cm³/mol. The molecule has 15 heavy (non-hydrogen) atoms. The SMILES string of the molecule is CCN(C(C)CN(C)C)C(C)C(C)NC. The Morgan fingerprint density at radius 3 is 2.00 bits per heavy atom. The maximum absolute atomic E-state index is 3.33.